The number of carbonyl (C=O) groups excluding carboxylic acids is 1. The van der Waals surface area contributed by atoms with E-state index in [1.54, 1.807) is 6.20 Å². The third-order valence-corrected chi connectivity index (χ3v) is 3.67. The summed E-state index contributed by atoms with van der Waals surface area (Å²) in [5, 5.41) is 0. The molecule has 1 amide bonds. The Morgan fingerprint density at radius 3 is 2.90 bits per heavy atom. The van der Waals surface area contributed by atoms with Crippen LogP contribution < -0.4 is 5.73 Å². The topological polar surface area (TPSA) is 68.5 Å². The normalized spacial score (nSPS) is 16.4. The number of rotatable bonds is 5. The molecule has 1 aromatic rings. The molecule has 2 rings (SSSR count). The first-order valence-electron chi connectivity index (χ1n) is 7.25. The average Bonchev–Trinajstić information content (AvgIpc) is 2.48. The predicted molar refractivity (Wildman–Crippen MR) is 77.5 cm³/mol. The van der Waals surface area contributed by atoms with E-state index in [9.17, 15) is 4.79 Å². The maximum Gasteiger partial charge on any atom is 0.255 e. The number of aromatic nitrogens is 1. The van der Waals surface area contributed by atoms with Crippen LogP contribution in [0.2, 0.25) is 0 Å². The number of likely N-dealkylation sites (tertiary alicyclic amines) is 1. The largest absolute Gasteiger partial charge is 0.378 e. The highest BCUT2D eigenvalue weighted by atomic mass is 16.5. The maximum absolute atomic E-state index is 12.4. The molecule has 5 nitrogen and oxygen atoms in total. The number of nitrogens with two attached hydrogens (primary N) is 1. The number of hydrogen-bond donors (Lipinski definition) is 1. The van der Waals surface area contributed by atoms with E-state index in [0.717, 1.165) is 44.7 Å². The number of amides is 1. The Morgan fingerprint density at radius 1 is 1.50 bits per heavy atom. The molecule has 5 heteroatoms. The van der Waals surface area contributed by atoms with Crippen LogP contribution in [0, 0.1) is 6.92 Å². The summed E-state index contributed by atoms with van der Waals surface area (Å²) < 4.78 is 5.75. The second-order valence-electron chi connectivity index (χ2n) is 5.14. The molecule has 0 unspecified atom stereocenters. The van der Waals surface area contributed by atoms with Gasteiger partial charge < -0.3 is 15.4 Å². The first kappa shape index (κ1) is 14.9. The van der Waals surface area contributed by atoms with Crippen molar-refractivity contribution in [3.8, 4) is 0 Å². The fourth-order valence-electron chi connectivity index (χ4n) is 2.44. The van der Waals surface area contributed by atoms with Crippen LogP contribution in [0.5, 0.6) is 0 Å². The molecule has 0 aliphatic carbocycles. The van der Waals surface area contributed by atoms with E-state index in [1.165, 1.54) is 0 Å². The standard InChI is InChI=1S/C15H23N3O2/c1-12-14(4-2-8-17-12)15(19)18-9-5-13(6-10-18)20-11-3-7-16/h2,4,8,13H,3,5-7,9-11,16H2,1H3. The minimum atomic E-state index is 0.0796. The number of ether oxygens (including phenoxy) is 1. The first-order chi connectivity index (χ1) is 9.72. The Labute approximate surface area is 120 Å². The molecule has 1 saturated heterocycles. The molecule has 0 atom stereocenters. The van der Waals surface area contributed by atoms with Gasteiger partial charge in [-0.05, 0) is 44.9 Å². The van der Waals surface area contributed by atoms with Crippen molar-refractivity contribution < 1.29 is 9.53 Å². The van der Waals surface area contributed by atoms with E-state index in [4.69, 9.17) is 10.5 Å². The molecular weight excluding hydrogens is 254 g/mol. The van der Waals surface area contributed by atoms with E-state index in [-0.39, 0.29) is 12.0 Å². The fourth-order valence-corrected chi connectivity index (χ4v) is 2.44. The van der Waals surface area contributed by atoms with Gasteiger partial charge in [0.2, 0.25) is 0 Å². The van der Waals surface area contributed by atoms with Crippen molar-refractivity contribution in [3.05, 3.63) is 29.6 Å². The summed E-state index contributed by atoms with van der Waals surface area (Å²) in [5.41, 5.74) is 6.94. The van der Waals surface area contributed by atoms with Gasteiger partial charge in [0.25, 0.3) is 5.91 Å². The second-order valence-corrected chi connectivity index (χ2v) is 5.14. The van der Waals surface area contributed by atoms with Gasteiger partial charge in [-0.3, -0.25) is 9.78 Å². The van der Waals surface area contributed by atoms with E-state index >= 15 is 0 Å². The summed E-state index contributed by atoms with van der Waals surface area (Å²) >= 11 is 0. The molecule has 0 saturated carbocycles. The predicted octanol–water partition coefficient (Wildman–Crippen LogP) is 1.36. The average molecular weight is 277 g/mol. The molecule has 2 N–H and O–H groups in total. The van der Waals surface area contributed by atoms with E-state index in [2.05, 4.69) is 4.98 Å². The first-order valence-corrected chi connectivity index (χ1v) is 7.25. The Bertz CT molecular complexity index is 442. The molecule has 0 aromatic carbocycles. The number of hydrogen-bond acceptors (Lipinski definition) is 4. The highest BCUT2D eigenvalue weighted by Crippen LogP contribution is 2.17. The summed E-state index contributed by atoms with van der Waals surface area (Å²) in [6.45, 7) is 4.76. The molecular formula is C15H23N3O2. The lowest BCUT2D eigenvalue weighted by Crippen LogP contribution is -2.41. The highest BCUT2D eigenvalue weighted by Gasteiger charge is 2.24. The number of aryl methyl sites for hydroxylation is 1. The monoisotopic (exact) mass is 277 g/mol. The Morgan fingerprint density at radius 2 is 2.25 bits per heavy atom. The molecule has 2 heterocycles. The van der Waals surface area contributed by atoms with Crippen molar-refractivity contribution in [3.63, 3.8) is 0 Å². The van der Waals surface area contributed by atoms with Gasteiger partial charge in [0, 0.05) is 31.6 Å². The lowest BCUT2D eigenvalue weighted by molar-refractivity contribution is 0.00842. The molecule has 1 aliphatic heterocycles. The van der Waals surface area contributed by atoms with E-state index in [0.29, 0.717) is 12.1 Å². The van der Waals surface area contributed by atoms with Gasteiger partial charge in [-0.15, -0.1) is 0 Å². The second kappa shape index (κ2) is 7.36. The summed E-state index contributed by atoms with van der Waals surface area (Å²) in [6, 6.07) is 3.65. The quantitative estimate of drug-likeness (QED) is 0.825. The fraction of sp³-hybridized carbons (Fsp3) is 0.600. The summed E-state index contributed by atoms with van der Waals surface area (Å²) in [5.74, 6) is 0.0796. The molecule has 0 spiro atoms. The molecule has 1 fully saturated rings. The Hall–Kier alpha value is -1.46. The van der Waals surface area contributed by atoms with Gasteiger partial charge in [0.05, 0.1) is 11.7 Å². The van der Waals surface area contributed by atoms with Crippen LogP contribution in [0.3, 0.4) is 0 Å². The zero-order chi connectivity index (χ0) is 14.4. The van der Waals surface area contributed by atoms with E-state index in [1.807, 2.05) is 24.0 Å². The van der Waals surface area contributed by atoms with Crippen LogP contribution in [0.15, 0.2) is 18.3 Å². The van der Waals surface area contributed by atoms with Crippen LogP contribution in [0.1, 0.15) is 35.3 Å². The zero-order valence-electron chi connectivity index (χ0n) is 12.0. The maximum atomic E-state index is 12.4. The third kappa shape index (κ3) is 3.77. The van der Waals surface area contributed by atoms with Crippen LogP contribution >= 0.6 is 0 Å². The smallest absolute Gasteiger partial charge is 0.255 e. The Kier molecular flexibility index (Phi) is 5.49. The van der Waals surface area contributed by atoms with Crippen molar-refractivity contribution in [2.45, 2.75) is 32.3 Å². The van der Waals surface area contributed by atoms with Gasteiger partial charge >= 0.3 is 0 Å². The number of nitrogens with zero attached hydrogens (tertiary/aromatic N) is 2. The van der Waals surface area contributed by atoms with Crippen LogP contribution in [0.4, 0.5) is 0 Å². The van der Waals surface area contributed by atoms with Gasteiger partial charge in [-0.25, -0.2) is 0 Å². The van der Waals surface area contributed by atoms with Crippen LogP contribution in [-0.4, -0.2) is 48.1 Å². The summed E-state index contributed by atoms with van der Waals surface area (Å²) in [4.78, 5) is 18.5. The highest BCUT2D eigenvalue weighted by molar-refractivity contribution is 5.95. The lowest BCUT2D eigenvalue weighted by Gasteiger charge is -2.32. The van der Waals surface area contributed by atoms with Crippen molar-refractivity contribution in [2.75, 3.05) is 26.2 Å². The minimum Gasteiger partial charge on any atom is -0.378 e. The molecule has 1 aromatic heterocycles. The Balaban J connectivity index is 1.85. The van der Waals surface area contributed by atoms with Crippen LogP contribution in [0.25, 0.3) is 0 Å². The third-order valence-electron chi connectivity index (χ3n) is 3.67. The van der Waals surface area contributed by atoms with Crippen molar-refractivity contribution >= 4 is 5.91 Å². The number of carbonyl (C=O) groups is 1. The molecule has 110 valence electrons. The van der Waals surface area contributed by atoms with Crippen LogP contribution in [-0.2, 0) is 4.74 Å². The molecule has 20 heavy (non-hydrogen) atoms. The van der Waals surface area contributed by atoms with Gasteiger partial charge in [0.1, 0.15) is 0 Å². The van der Waals surface area contributed by atoms with Gasteiger partial charge in [0.15, 0.2) is 0 Å². The lowest BCUT2D eigenvalue weighted by atomic mass is 10.1. The van der Waals surface area contributed by atoms with Crippen molar-refractivity contribution in [1.82, 2.24) is 9.88 Å². The zero-order valence-corrected chi connectivity index (χ0v) is 12.0. The van der Waals surface area contributed by atoms with Crippen molar-refractivity contribution in [1.29, 1.82) is 0 Å². The van der Waals surface area contributed by atoms with E-state index < -0.39 is 0 Å². The molecule has 0 radical (unpaired) electrons. The summed E-state index contributed by atoms with van der Waals surface area (Å²) in [7, 11) is 0. The number of piperidine rings is 1. The molecule has 1 aliphatic rings. The number of pyridine rings is 1. The van der Waals surface area contributed by atoms with Gasteiger partial charge in [-0.2, -0.15) is 0 Å². The minimum absolute atomic E-state index is 0.0796. The SMILES string of the molecule is Cc1ncccc1C(=O)N1CCC(OCCCN)CC1. The van der Waals surface area contributed by atoms with Crippen molar-refractivity contribution in [2.24, 2.45) is 5.73 Å². The summed E-state index contributed by atoms with van der Waals surface area (Å²) in [6.07, 6.45) is 4.67. The van der Waals surface area contributed by atoms with Gasteiger partial charge in [-0.1, -0.05) is 0 Å². The molecule has 0 bridgehead atoms.